The predicted octanol–water partition coefficient (Wildman–Crippen LogP) is 2.30. The third kappa shape index (κ3) is 2.82. The maximum atomic E-state index is 12.3. The van der Waals surface area contributed by atoms with Crippen molar-refractivity contribution in [2.75, 3.05) is 18.4 Å². The summed E-state index contributed by atoms with van der Waals surface area (Å²) in [6.45, 7) is 3.32. The fourth-order valence-electron chi connectivity index (χ4n) is 2.95. The Kier molecular flexibility index (Phi) is 3.85. The Bertz CT molecular complexity index is 852. The molecule has 1 fully saturated rings. The van der Waals surface area contributed by atoms with Gasteiger partial charge in [-0.1, -0.05) is 0 Å². The van der Waals surface area contributed by atoms with E-state index in [4.69, 9.17) is 0 Å². The molecule has 4 rings (SSSR count). The van der Waals surface area contributed by atoms with Crippen LogP contribution in [-0.4, -0.2) is 48.8 Å². The Morgan fingerprint density at radius 3 is 2.88 bits per heavy atom. The minimum absolute atomic E-state index is 0.0940. The normalized spacial score (nSPS) is 15.8. The van der Waals surface area contributed by atoms with Crippen LogP contribution in [0.15, 0.2) is 23.7 Å². The molecule has 4 heterocycles. The first-order chi connectivity index (χ1) is 11.7. The number of fused-ring (bicyclic) bond motifs is 1. The molecular formula is C15H17N7OS. The molecule has 0 atom stereocenters. The summed E-state index contributed by atoms with van der Waals surface area (Å²) in [7, 11) is 0. The molecule has 0 spiro atoms. The van der Waals surface area contributed by atoms with Crippen molar-refractivity contribution in [2.45, 2.75) is 25.7 Å². The largest absolute Gasteiger partial charge is 0.324 e. The lowest BCUT2D eigenvalue weighted by molar-refractivity contribution is 0.193. The highest BCUT2D eigenvalue weighted by Gasteiger charge is 2.27. The van der Waals surface area contributed by atoms with E-state index in [1.807, 2.05) is 33.9 Å². The van der Waals surface area contributed by atoms with Crippen LogP contribution in [-0.2, 0) is 0 Å². The van der Waals surface area contributed by atoms with Crippen LogP contribution in [0, 0.1) is 6.92 Å². The van der Waals surface area contributed by atoms with Crippen LogP contribution in [0.1, 0.15) is 30.3 Å². The molecule has 1 N–H and O–H groups in total. The second-order valence-electron chi connectivity index (χ2n) is 5.83. The summed E-state index contributed by atoms with van der Waals surface area (Å²) >= 11 is 1.42. The molecule has 9 heteroatoms. The average molecular weight is 343 g/mol. The van der Waals surface area contributed by atoms with E-state index in [0.29, 0.717) is 18.2 Å². The van der Waals surface area contributed by atoms with Gasteiger partial charge in [0.25, 0.3) is 0 Å². The molecule has 3 aromatic rings. The zero-order valence-corrected chi connectivity index (χ0v) is 14.0. The molecule has 0 aliphatic carbocycles. The number of nitrogens with zero attached hydrogens (tertiary/aromatic N) is 6. The van der Waals surface area contributed by atoms with Crippen LogP contribution < -0.4 is 5.32 Å². The Morgan fingerprint density at radius 2 is 2.12 bits per heavy atom. The van der Waals surface area contributed by atoms with Crippen LogP contribution >= 0.6 is 11.3 Å². The molecule has 0 bridgehead atoms. The van der Waals surface area contributed by atoms with Gasteiger partial charge < -0.3 is 4.90 Å². The summed E-state index contributed by atoms with van der Waals surface area (Å²) in [5.74, 6) is 1.15. The van der Waals surface area contributed by atoms with Crippen LogP contribution in [0.2, 0.25) is 0 Å². The van der Waals surface area contributed by atoms with Gasteiger partial charge in [-0.25, -0.2) is 9.78 Å². The van der Waals surface area contributed by atoms with E-state index in [1.165, 1.54) is 11.3 Å². The van der Waals surface area contributed by atoms with Crippen LogP contribution in [0.5, 0.6) is 0 Å². The van der Waals surface area contributed by atoms with E-state index in [-0.39, 0.29) is 11.9 Å². The standard InChI is InChI=1S/C15H17N7OS/c1-10-2-3-12-18-19-13(22(12)20-10)11-4-7-21(8-5-11)15(23)17-14-16-6-9-24-14/h2-3,6,9,11H,4-5,7-8H2,1H3,(H,16,17,23). The van der Waals surface area contributed by atoms with Crippen molar-refractivity contribution in [3.8, 4) is 0 Å². The fraction of sp³-hybridized carbons (Fsp3) is 0.400. The number of thiazole rings is 1. The van der Waals surface area contributed by atoms with Gasteiger partial charge in [-0.15, -0.1) is 21.5 Å². The van der Waals surface area contributed by atoms with Gasteiger partial charge in [0.05, 0.1) is 5.69 Å². The first kappa shape index (κ1) is 15.0. The summed E-state index contributed by atoms with van der Waals surface area (Å²) in [5.41, 5.74) is 1.70. The number of rotatable bonds is 2. The third-order valence-corrected chi connectivity index (χ3v) is 4.90. The molecule has 1 aliphatic heterocycles. The molecular weight excluding hydrogens is 326 g/mol. The number of aromatic nitrogens is 5. The maximum absolute atomic E-state index is 12.3. The van der Waals surface area contributed by atoms with E-state index < -0.39 is 0 Å². The van der Waals surface area contributed by atoms with E-state index in [2.05, 4.69) is 25.6 Å². The molecule has 3 aromatic heterocycles. The summed E-state index contributed by atoms with van der Waals surface area (Å²) in [6.07, 6.45) is 3.38. The second kappa shape index (κ2) is 6.16. The quantitative estimate of drug-likeness (QED) is 0.771. The highest BCUT2D eigenvalue weighted by Crippen LogP contribution is 2.27. The molecule has 1 saturated heterocycles. The average Bonchev–Trinajstić information content (AvgIpc) is 3.24. The maximum Gasteiger partial charge on any atom is 0.323 e. The number of likely N-dealkylation sites (tertiary alicyclic amines) is 1. The van der Waals surface area contributed by atoms with Gasteiger partial charge in [0.2, 0.25) is 0 Å². The number of piperidine rings is 1. The molecule has 124 valence electrons. The molecule has 1 aliphatic rings. The van der Waals surface area contributed by atoms with Crippen molar-refractivity contribution in [1.29, 1.82) is 0 Å². The van der Waals surface area contributed by atoms with Gasteiger partial charge in [-0.05, 0) is 31.9 Å². The van der Waals surface area contributed by atoms with Gasteiger partial charge >= 0.3 is 6.03 Å². The van der Waals surface area contributed by atoms with Gasteiger partial charge in [0.15, 0.2) is 16.6 Å². The zero-order chi connectivity index (χ0) is 16.5. The van der Waals surface area contributed by atoms with Crippen molar-refractivity contribution < 1.29 is 4.79 Å². The Labute approximate surface area is 142 Å². The van der Waals surface area contributed by atoms with Crippen molar-refractivity contribution in [3.05, 3.63) is 35.2 Å². The molecule has 24 heavy (non-hydrogen) atoms. The summed E-state index contributed by atoms with van der Waals surface area (Å²) in [6, 6.07) is 3.76. The Balaban J connectivity index is 1.43. The van der Waals surface area contributed by atoms with E-state index in [9.17, 15) is 4.79 Å². The summed E-state index contributed by atoms with van der Waals surface area (Å²) in [4.78, 5) is 18.1. The fourth-order valence-corrected chi connectivity index (χ4v) is 3.47. The lowest BCUT2D eigenvalue weighted by Crippen LogP contribution is -2.40. The zero-order valence-electron chi connectivity index (χ0n) is 13.2. The number of urea groups is 1. The Hall–Kier alpha value is -2.55. The van der Waals surface area contributed by atoms with E-state index >= 15 is 0 Å². The first-order valence-corrected chi connectivity index (χ1v) is 8.73. The van der Waals surface area contributed by atoms with Gasteiger partial charge in [-0.3, -0.25) is 5.32 Å². The highest BCUT2D eigenvalue weighted by atomic mass is 32.1. The Morgan fingerprint density at radius 1 is 1.29 bits per heavy atom. The van der Waals surface area contributed by atoms with Crippen LogP contribution in [0.3, 0.4) is 0 Å². The van der Waals surface area contributed by atoms with Gasteiger partial charge in [0.1, 0.15) is 0 Å². The number of aryl methyl sites for hydroxylation is 1. The van der Waals surface area contributed by atoms with Gasteiger partial charge in [0, 0.05) is 30.6 Å². The van der Waals surface area contributed by atoms with Crippen LogP contribution in [0.4, 0.5) is 9.93 Å². The molecule has 0 radical (unpaired) electrons. The minimum Gasteiger partial charge on any atom is -0.324 e. The topological polar surface area (TPSA) is 88.3 Å². The second-order valence-corrected chi connectivity index (χ2v) is 6.73. The van der Waals surface area contributed by atoms with Gasteiger partial charge in [-0.2, -0.15) is 9.61 Å². The number of amides is 2. The number of nitrogens with one attached hydrogen (secondary N) is 1. The molecule has 0 aromatic carbocycles. The summed E-state index contributed by atoms with van der Waals surface area (Å²) < 4.78 is 1.82. The molecule has 8 nitrogen and oxygen atoms in total. The van der Waals surface area contributed by atoms with E-state index in [1.54, 1.807) is 6.20 Å². The lowest BCUT2D eigenvalue weighted by Gasteiger charge is -2.30. The predicted molar refractivity (Wildman–Crippen MR) is 90.2 cm³/mol. The van der Waals surface area contributed by atoms with Crippen molar-refractivity contribution in [2.24, 2.45) is 0 Å². The number of hydrogen-bond donors (Lipinski definition) is 1. The number of carbonyl (C=O) groups excluding carboxylic acids is 1. The monoisotopic (exact) mass is 343 g/mol. The van der Waals surface area contributed by atoms with Crippen molar-refractivity contribution in [1.82, 2.24) is 29.7 Å². The first-order valence-electron chi connectivity index (χ1n) is 7.85. The lowest BCUT2D eigenvalue weighted by atomic mass is 9.96. The van der Waals surface area contributed by atoms with E-state index in [0.717, 1.165) is 30.0 Å². The third-order valence-electron chi connectivity index (χ3n) is 4.21. The molecule has 2 amide bonds. The number of anilines is 1. The smallest absolute Gasteiger partial charge is 0.323 e. The molecule has 0 unspecified atom stereocenters. The summed E-state index contributed by atoms with van der Waals surface area (Å²) in [5, 5.41) is 18.3. The van der Waals surface area contributed by atoms with Crippen LogP contribution in [0.25, 0.3) is 5.65 Å². The minimum atomic E-state index is -0.0940. The highest BCUT2D eigenvalue weighted by molar-refractivity contribution is 7.13. The van der Waals surface area contributed by atoms with Crippen molar-refractivity contribution >= 4 is 28.1 Å². The molecule has 0 saturated carbocycles. The van der Waals surface area contributed by atoms with Crippen molar-refractivity contribution in [3.63, 3.8) is 0 Å². The number of hydrogen-bond acceptors (Lipinski definition) is 6. The SMILES string of the molecule is Cc1ccc2nnc(C3CCN(C(=O)Nc4nccs4)CC3)n2n1. The number of carbonyl (C=O) groups is 1.